The second-order valence-corrected chi connectivity index (χ2v) is 3.29. The molecule has 0 aromatic carbocycles. The van der Waals surface area contributed by atoms with Crippen molar-refractivity contribution in [1.29, 1.82) is 0 Å². The van der Waals surface area contributed by atoms with E-state index in [9.17, 15) is 9.59 Å². The van der Waals surface area contributed by atoms with E-state index >= 15 is 0 Å². The molecule has 0 aromatic heterocycles. The normalized spacial score (nSPS) is 25.1. The highest BCUT2D eigenvalue weighted by molar-refractivity contribution is 5.79. The molecule has 0 saturated carbocycles. The smallest absolute Gasteiger partial charge is 0.311 e. The molecule has 1 aliphatic heterocycles. The average Bonchev–Trinajstić information content (AvgIpc) is 2.62. The minimum atomic E-state index is -0.950. The lowest BCUT2D eigenvalue weighted by Crippen LogP contribution is -2.44. The first-order chi connectivity index (χ1) is 7.15. The average molecular weight is 217 g/mol. The van der Waals surface area contributed by atoms with Gasteiger partial charge in [-0.25, -0.2) is 0 Å². The summed E-state index contributed by atoms with van der Waals surface area (Å²) >= 11 is 0. The van der Waals surface area contributed by atoms with Crippen molar-refractivity contribution in [3.8, 4) is 0 Å². The molecule has 6 nitrogen and oxygen atoms in total. The molecule has 1 aliphatic rings. The third-order valence-corrected chi connectivity index (χ3v) is 2.18. The Labute approximate surface area is 87.5 Å². The number of carbonyl (C=O) groups is 2. The monoisotopic (exact) mass is 217 g/mol. The summed E-state index contributed by atoms with van der Waals surface area (Å²) in [4.78, 5) is 22.0. The lowest BCUT2D eigenvalue weighted by molar-refractivity contribution is -0.142. The predicted octanol–water partition coefficient (Wildman–Crippen LogP) is -0.761. The van der Waals surface area contributed by atoms with Gasteiger partial charge in [-0.05, 0) is 6.92 Å². The van der Waals surface area contributed by atoms with Crippen LogP contribution in [0.15, 0.2) is 0 Å². The van der Waals surface area contributed by atoms with Crippen LogP contribution in [0, 0.1) is 5.92 Å². The fourth-order valence-electron chi connectivity index (χ4n) is 1.38. The summed E-state index contributed by atoms with van der Waals surface area (Å²) in [5.41, 5.74) is 0. The first kappa shape index (κ1) is 11.9. The molecule has 2 atom stereocenters. The predicted molar refractivity (Wildman–Crippen MR) is 50.4 cm³/mol. The molecule has 2 N–H and O–H groups in total. The quantitative estimate of drug-likeness (QED) is 0.632. The zero-order chi connectivity index (χ0) is 11.3. The summed E-state index contributed by atoms with van der Waals surface area (Å²) in [5, 5.41) is 11.4. The highest BCUT2D eigenvalue weighted by atomic mass is 16.5. The summed E-state index contributed by atoms with van der Waals surface area (Å²) in [7, 11) is 0. The maximum atomic E-state index is 11.2. The van der Waals surface area contributed by atoms with Crippen molar-refractivity contribution >= 4 is 11.9 Å². The molecule has 2 unspecified atom stereocenters. The minimum Gasteiger partial charge on any atom is -0.481 e. The van der Waals surface area contributed by atoms with Gasteiger partial charge in [0.1, 0.15) is 12.5 Å². The number of carboxylic acids is 1. The van der Waals surface area contributed by atoms with Crippen molar-refractivity contribution in [3.63, 3.8) is 0 Å². The molecular formula is C9H15NO5. The van der Waals surface area contributed by atoms with Crippen LogP contribution in [0.4, 0.5) is 0 Å². The Morgan fingerprint density at radius 3 is 2.87 bits per heavy atom. The zero-order valence-corrected chi connectivity index (χ0v) is 8.56. The summed E-state index contributed by atoms with van der Waals surface area (Å²) in [6.45, 7) is 2.59. The fourth-order valence-corrected chi connectivity index (χ4v) is 1.38. The van der Waals surface area contributed by atoms with Gasteiger partial charge in [-0.2, -0.15) is 0 Å². The molecular weight excluding hydrogens is 202 g/mol. The van der Waals surface area contributed by atoms with Crippen LogP contribution in [-0.2, 0) is 19.1 Å². The molecule has 0 bridgehead atoms. The highest BCUT2D eigenvalue weighted by Gasteiger charge is 2.34. The summed E-state index contributed by atoms with van der Waals surface area (Å²) < 4.78 is 9.90. The van der Waals surface area contributed by atoms with Crippen LogP contribution in [0.1, 0.15) is 6.92 Å². The maximum Gasteiger partial charge on any atom is 0.311 e. The second-order valence-electron chi connectivity index (χ2n) is 3.29. The van der Waals surface area contributed by atoms with Crippen LogP contribution in [0.5, 0.6) is 0 Å². The van der Waals surface area contributed by atoms with E-state index in [0.717, 1.165) is 0 Å². The molecule has 0 radical (unpaired) electrons. The number of carbonyl (C=O) groups excluding carboxylic acids is 1. The van der Waals surface area contributed by atoms with Gasteiger partial charge in [-0.3, -0.25) is 9.59 Å². The molecule has 1 amide bonds. The van der Waals surface area contributed by atoms with E-state index in [1.54, 1.807) is 6.92 Å². The van der Waals surface area contributed by atoms with Crippen molar-refractivity contribution in [2.75, 3.05) is 26.4 Å². The number of amides is 1. The summed E-state index contributed by atoms with van der Waals surface area (Å²) in [6.07, 6.45) is 0. The molecule has 0 aliphatic carbocycles. The van der Waals surface area contributed by atoms with Crippen LogP contribution in [0.3, 0.4) is 0 Å². The van der Waals surface area contributed by atoms with Gasteiger partial charge in [0.15, 0.2) is 0 Å². The first-order valence-electron chi connectivity index (χ1n) is 4.82. The topological polar surface area (TPSA) is 84.9 Å². The van der Waals surface area contributed by atoms with Gasteiger partial charge in [0.2, 0.25) is 5.91 Å². The Hall–Kier alpha value is -1.14. The fraction of sp³-hybridized carbons (Fsp3) is 0.778. The molecule has 15 heavy (non-hydrogen) atoms. The molecule has 0 spiro atoms. The van der Waals surface area contributed by atoms with E-state index < -0.39 is 17.9 Å². The largest absolute Gasteiger partial charge is 0.481 e. The summed E-state index contributed by atoms with van der Waals surface area (Å²) in [6, 6.07) is -0.449. The van der Waals surface area contributed by atoms with Gasteiger partial charge in [0, 0.05) is 6.61 Å². The Kier molecular flexibility index (Phi) is 4.51. The van der Waals surface area contributed by atoms with Crippen molar-refractivity contribution < 1.29 is 24.2 Å². The number of nitrogens with one attached hydrogen (secondary N) is 1. The number of hydrogen-bond donors (Lipinski definition) is 2. The third-order valence-electron chi connectivity index (χ3n) is 2.18. The van der Waals surface area contributed by atoms with Crippen molar-refractivity contribution in [3.05, 3.63) is 0 Å². The van der Waals surface area contributed by atoms with E-state index in [2.05, 4.69) is 5.32 Å². The van der Waals surface area contributed by atoms with Crippen molar-refractivity contribution in [2.24, 2.45) is 5.92 Å². The number of rotatable bonds is 5. The number of aliphatic carboxylic acids is 1. The highest BCUT2D eigenvalue weighted by Crippen LogP contribution is 2.13. The zero-order valence-electron chi connectivity index (χ0n) is 8.56. The Balaban J connectivity index is 2.36. The van der Waals surface area contributed by atoms with E-state index in [0.29, 0.717) is 6.61 Å². The maximum absolute atomic E-state index is 11.2. The Morgan fingerprint density at radius 1 is 1.53 bits per heavy atom. The second kappa shape index (κ2) is 5.67. The van der Waals surface area contributed by atoms with Crippen LogP contribution in [0.25, 0.3) is 0 Å². The standard InChI is InChI=1S/C9H15NO5/c1-2-14-5-8(11)10-7-4-15-3-6(7)9(12)13/h6-7H,2-5H2,1H3,(H,10,11)(H,12,13). The van der Waals surface area contributed by atoms with Crippen molar-refractivity contribution in [1.82, 2.24) is 5.32 Å². The minimum absolute atomic E-state index is 0.0423. The van der Waals surface area contributed by atoms with Crippen LogP contribution in [0.2, 0.25) is 0 Å². The van der Waals surface area contributed by atoms with Crippen LogP contribution >= 0.6 is 0 Å². The lowest BCUT2D eigenvalue weighted by atomic mass is 10.0. The van der Waals surface area contributed by atoms with E-state index in [1.165, 1.54) is 0 Å². The van der Waals surface area contributed by atoms with Gasteiger partial charge in [-0.15, -0.1) is 0 Å². The van der Waals surface area contributed by atoms with Gasteiger partial charge < -0.3 is 19.9 Å². The SMILES string of the molecule is CCOCC(=O)NC1COCC1C(=O)O. The molecule has 1 saturated heterocycles. The molecule has 6 heteroatoms. The molecule has 1 fully saturated rings. The Morgan fingerprint density at radius 2 is 2.27 bits per heavy atom. The molecule has 86 valence electrons. The lowest BCUT2D eigenvalue weighted by Gasteiger charge is -2.15. The molecule has 1 heterocycles. The Bertz CT molecular complexity index is 243. The third kappa shape index (κ3) is 3.49. The van der Waals surface area contributed by atoms with E-state index in [1.807, 2.05) is 0 Å². The van der Waals surface area contributed by atoms with Crippen LogP contribution < -0.4 is 5.32 Å². The van der Waals surface area contributed by atoms with Crippen LogP contribution in [-0.4, -0.2) is 49.5 Å². The van der Waals surface area contributed by atoms with E-state index in [4.69, 9.17) is 14.6 Å². The number of carboxylic acid groups (broad SMARTS) is 1. The van der Waals surface area contributed by atoms with Gasteiger partial charge in [0.05, 0.1) is 19.3 Å². The number of hydrogen-bond acceptors (Lipinski definition) is 4. The summed E-state index contributed by atoms with van der Waals surface area (Å²) in [5.74, 6) is -1.91. The first-order valence-corrected chi connectivity index (χ1v) is 4.82. The molecule has 0 aromatic rings. The van der Waals surface area contributed by atoms with Crippen molar-refractivity contribution in [2.45, 2.75) is 13.0 Å². The van der Waals surface area contributed by atoms with Gasteiger partial charge in [0.25, 0.3) is 0 Å². The van der Waals surface area contributed by atoms with Gasteiger partial charge >= 0.3 is 5.97 Å². The molecule has 1 rings (SSSR count). The van der Waals surface area contributed by atoms with Gasteiger partial charge in [-0.1, -0.05) is 0 Å². The number of ether oxygens (including phenoxy) is 2. The van der Waals surface area contributed by atoms with E-state index in [-0.39, 0.29) is 25.7 Å².